The highest BCUT2D eigenvalue weighted by Crippen LogP contribution is 2.25. The number of anilines is 1. The zero-order chi connectivity index (χ0) is 21.9. The lowest BCUT2D eigenvalue weighted by atomic mass is 10.0. The molecule has 2 aliphatic rings. The number of esters is 1. The summed E-state index contributed by atoms with van der Waals surface area (Å²) in [4.78, 5) is 41.2. The number of rotatable bonds is 5. The third-order valence-electron chi connectivity index (χ3n) is 4.79. The SMILES string of the molecule is CC(C)(C)OC(=O)CN1CC=C(c2ncc(NC3CCC(=O)NC3=O)cc2F)CC1. The lowest BCUT2D eigenvalue weighted by molar-refractivity contribution is -0.156. The zero-order valence-electron chi connectivity index (χ0n) is 17.5. The van der Waals surface area contributed by atoms with Crippen molar-refractivity contribution in [2.75, 3.05) is 25.0 Å². The number of hydrogen-bond donors (Lipinski definition) is 2. The molecule has 1 unspecified atom stereocenters. The van der Waals surface area contributed by atoms with E-state index in [4.69, 9.17) is 4.74 Å². The van der Waals surface area contributed by atoms with Crippen molar-refractivity contribution in [3.8, 4) is 0 Å². The number of nitrogens with zero attached hydrogens (tertiary/aromatic N) is 2. The number of piperidine rings is 1. The van der Waals surface area contributed by atoms with Crippen molar-refractivity contribution in [2.24, 2.45) is 0 Å². The lowest BCUT2D eigenvalue weighted by Crippen LogP contribution is -2.47. The Bertz CT molecular complexity index is 878. The van der Waals surface area contributed by atoms with Gasteiger partial charge in [-0.15, -0.1) is 0 Å². The Morgan fingerprint density at radius 1 is 1.37 bits per heavy atom. The van der Waals surface area contributed by atoms with Crippen LogP contribution in [0.25, 0.3) is 5.57 Å². The number of aromatic nitrogens is 1. The van der Waals surface area contributed by atoms with Crippen LogP contribution in [0.15, 0.2) is 18.3 Å². The topological polar surface area (TPSA) is 101 Å². The Morgan fingerprint density at radius 2 is 2.13 bits per heavy atom. The molecule has 8 nitrogen and oxygen atoms in total. The van der Waals surface area contributed by atoms with E-state index in [2.05, 4.69) is 15.6 Å². The summed E-state index contributed by atoms with van der Waals surface area (Å²) in [6.45, 7) is 6.77. The zero-order valence-corrected chi connectivity index (χ0v) is 17.5. The molecule has 2 N–H and O–H groups in total. The van der Waals surface area contributed by atoms with E-state index in [9.17, 15) is 18.8 Å². The fourth-order valence-corrected chi connectivity index (χ4v) is 3.41. The number of nitrogens with one attached hydrogen (secondary N) is 2. The van der Waals surface area contributed by atoms with Crippen LogP contribution < -0.4 is 10.6 Å². The van der Waals surface area contributed by atoms with E-state index in [1.54, 1.807) is 0 Å². The molecular formula is C21H27FN4O4. The Balaban J connectivity index is 1.59. The molecule has 0 aromatic carbocycles. The molecule has 1 saturated heterocycles. The van der Waals surface area contributed by atoms with Crippen molar-refractivity contribution in [1.82, 2.24) is 15.2 Å². The number of amides is 2. The first-order valence-electron chi connectivity index (χ1n) is 10.00. The maximum atomic E-state index is 14.7. The van der Waals surface area contributed by atoms with Gasteiger partial charge >= 0.3 is 5.97 Å². The molecule has 1 aromatic heterocycles. The normalized spacial score (nSPS) is 20.4. The highest BCUT2D eigenvalue weighted by molar-refractivity contribution is 6.01. The summed E-state index contributed by atoms with van der Waals surface area (Å²) in [5.74, 6) is -1.50. The summed E-state index contributed by atoms with van der Waals surface area (Å²) in [5, 5.41) is 5.18. The number of hydrogen-bond acceptors (Lipinski definition) is 7. The molecule has 1 atom stereocenters. The van der Waals surface area contributed by atoms with Crippen LogP contribution in [-0.4, -0.2) is 58.9 Å². The number of halogens is 1. The molecular weight excluding hydrogens is 391 g/mol. The molecule has 0 radical (unpaired) electrons. The first-order valence-corrected chi connectivity index (χ1v) is 10.00. The summed E-state index contributed by atoms with van der Waals surface area (Å²) in [7, 11) is 0. The van der Waals surface area contributed by atoms with E-state index >= 15 is 0 Å². The van der Waals surface area contributed by atoms with Gasteiger partial charge in [0.05, 0.1) is 18.4 Å². The second kappa shape index (κ2) is 8.91. The minimum absolute atomic E-state index is 0.186. The standard InChI is InChI=1S/C21H27FN4O4/c1-21(2,3)30-18(28)12-26-8-6-13(7-9-26)19-15(22)10-14(11-23-19)24-16-4-5-17(27)25-20(16)29/h6,10-11,16,24H,4-5,7-9,12H2,1-3H3,(H,25,27,29). The molecule has 30 heavy (non-hydrogen) atoms. The molecule has 2 aliphatic heterocycles. The van der Waals surface area contributed by atoms with Crippen LogP contribution in [0.2, 0.25) is 0 Å². The van der Waals surface area contributed by atoms with Crippen LogP contribution in [0.5, 0.6) is 0 Å². The average molecular weight is 418 g/mol. The van der Waals surface area contributed by atoms with Crippen LogP contribution in [0.4, 0.5) is 10.1 Å². The van der Waals surface area contributed by atoms with Gasteiger partial charge in [0, 0.05) is 25.6 Å². The van der Waals surface area contributed by atoms with Crippen LogP contribution in [0.3, 0.4) is 0 Å². The smallest absolute Gasteiger partial charge is 0.320 e. The van der Waals surface area contributed by atoms with E-state index in [0.717, 1.165) is 5.57 Å². The predicted octanol–water partition coefficient (Wildman–Crippen LogP) is 1.87. The number of carbonyl (C=O) groups is 3. The molecule has 2 amide bonds. The van der Waals surface area contributed by atoms with Gasteiger partial charge in [-0.1, -0.05) is 6.08 Å². The minimum Gasteiger partial charge on any atom is -0.459 e. The molecule has 3 rings (SSSR count). The molecule has 162 valence electrons. The van der Waals surface area contributed by atoms with Crippen molar-refractivity contribution < 1.29 is 23.5 Å². The van der Waals surface area contributed by atoms with Gasteiger partial charge in [0.1, 0.15) is 17.3 Å². The van der Waals surface area contributed by atoms with E-state index in [1.165, 1.54) is 12.3 Å². The third kappa shape index (κ3) is 5.85. The largest absolute Gasteiger partial charge is 0.459 e. The molecule has 1 fully saturated rings. The lowest BCUT2D eigenvalue weighted by Gasteiger charge is -2.27. The number of pyridine rings is 1. The highest BCUT2D eigenvalue weighted by Gasteiger charge is 2.27. The van der Waals surface area contributed by atoms with Crippen molar-refractivity contribution >= 4 is 29.0 Å². The van der Waals surface area contributed by atoms with Crippen molar-refractivity contribution in [2.45, 2.75) is 51.7 Å². The molecule has 0 spiro atoms. The second-order valence-electron chi connectivity index (χ2n) is 8.50. The molecule has 9 heteroatoms. The Kier molecular flexibility index (Phi) is 6.50. The highest BCUT2D eigenvalue weighted by atomic mass is 19.1. The Hall–Kier alpha value is -2.81. The number of imide groups is 1. The van der Waals surface area contributed by atoms with Gasteiger partial charge in [0.25, 0.3) is 0 Å². The maximum Gasteiger partial charge on any atom is 0.320 e. The quantitative estimate of drug-likeness (QED) is 0.556. The van der Waals surface area contributed by atoms with Crippen LogP contribution in [0.1, 0.15) is 45.7 Å². The number of carbonyl (C=O) groups excluding carboxylic acids is 3. The van der Waals surface area contributed by atoms with E-state index < -0.39 is 23.4 Å². The van der Waals surface area contributed by atoms with E-state index in [-0.39, 0.29) is 30.5 Å². The van der Waals surface area contributed by atoms with Crippen LogP contribution >= 0.6 is 0 Å². The van der Waals surface area contributed by atoms with E-state index in [0.29, 0.717) is 31.6 Å². The Labute approximate surface area is 174 Å². The Morgan fingerprint density at radius 3 is 2.73 bits per heavy atom. The molecule has 0 saturated carbocycles. The van der Waals surface area contributed by atoms with E-state index in [1.807, 2.05) is 31.7 Å². The first kappa shape index (κ1) is 21.9. The third-order valence-corrected chi connectivity index (χ3v) is 4.79. The molecule has 1 aromatic rings. The first-order chi connectivity index (χ1) is 14.1. The fourth-order valence-electron chi connectivity index (χ4n) is 3.41. The van der Waals surface area contributed by atoms with Crippen LogP contribution in [-0.2, 0) is 19.1 Å². The molecule has 0 bridgehead atoms. The van der Waals surface area contributed by atoms with Gasteiger partial charge in [-0.3, -0.25) is 29.6 Å². The van der Waals surface area contributed by atoms with Crippen molar-refractivity contribution in [1.29, 1.82) is 0 Å². The van der Waals surface area contributed by atoms with Gasteiger partial charge < -0.3 is 10.1 Å². The summed E-state index contributed by atoms with van der Waals surface area (Å²) in [6.07, 6.45) is 4.51. The molecule has 3 heterocycles. The van der Waals surface area contributed by atoms with Crippen molar-refractivity contribution in [3.05, 3.63) is 29.9 Å². The second-order valence-corrected chi connectivity index (χ2v) is 8.50. The number of ether oxygens (including phenoxy) is 1. The van der Waals surface area contributed by atoms with Gasteiger partial charge in [-0.25, -0.2) is 4.39 Å². The van der Waals surface area contributed by atoms with Crippen molar-refractivity contribution in [3.63, 3.8) is 0 Å². The predicted molar refractivity (Wildman–Crippen MR) is 109 cm³/mol. The average Bonchev–Trinajstić information content (AvgIpc) is 2.63. The summed E-state index contributed by atoms with van der Waals surface area (Å²) >= 11 is 0. The monoisotopic (exact) mass is 418 g/mol. The van der Waals surface area contributed by atoms with Gasteiger partial charge in [0.2, 0.25) is 11.8 Å². The van der Waals surface area contributed by atoms with Gasteiger partial charge in [0.15, 0.2) is 5.82 Å². The summed E-state index contributed by atoms with van der Waals surface area (Å²) in [6, 6.07) is 0.713. The van der Waals surface area contributed by atoms with Crippen LogP contribution in [0, 0.1) is 5.82 Å². The minimum atomic E-state index is -0.593. The molecule has 0 aliphatic carbocycles. The fraction of sp³-hybridized carbons (Fsp3) is 0.524. The van der Waals surface area contributed by atoms with Gasteiger partial charge in [-0.05, 0) is 39.2 Å². The maximum absolute atomic E-state index is 14.7. The summed E-state index contributed by atoms with van der Waals surface area (Å²) < 4.78 is 20.0. The van der Waals surface area contributed by atoms with Gasteiger partial charge in [-0.2, -0.15) is 0 Å². The summed E-state index contributed by atoms with van der Waals surface area (Å²) in [5.41, 5.74) is 0.903.